The Bertz CT molecular complexity index is 1180. The van der Waals surface area contributed by atoms with Gasteiger partial charge in [0.25, 0.3) is 5.91 Å². The van der Waals surface area contributed by atoms with Gasteiger partial charge < -0.3 is 15.4 Å². The fourth-order valence-electron chi connectivity index (χ4n) is 3.93. The fraction of sp³-hybridized carbons (Fsp3) is 0.364. The summed E-state index contributed by atoms with van der Waals surface area (Å²) < 4.78 is 33.6. The van der Waals surface area contributed by atoms with Gasteiger partial charge in [0.1, 0.15) is 5.75 Å². The molecule has 2 N–H and O–H groups in total. The lowest BCUT2D eigenvalue weighted by Crippen LogP contribution is -2.41. The number of aryl methyl sites for hydroxylation is 1. The van der Waals surface area contributed by atoms with E-state index in [1.165, 1.54) is 10.4 Å². The van der Waals surface area contributed by atoms with E-state index >= 15 is 0 Å². The highest BCUT2D eigenvalue weighted by atomic mass is 35.5. The number of piperidine rings is 1. The standard InChI is InChI=1S/C22H24ClN3O5S/c1-13-10-18-19(31-14(2)21(27)25-18)12-20(13)32(29,30)26-8-6-15(7-9-26)22(28)24-17-5-3-4-16(23)11-17/h3-5,10-12,14-15H,6-9H2,1-2H3,(H,24,28)(H,25,27). The largest absolute Gasteiger partial charge is 0.479 e. The monoisotopic (exact) mass is 477 g/mol. The Morgan fingerprint density at radius 2 is 1.94 bits per heavy atom. The van der Waals surface area contributed by atoms with E-state index in [2.05, 4.69) is 10.6 Å². The van der Waals surface area contributed by atoms with Gasteiger partial charge in [-0.15, -0.1) is 0 Å². The van der Waals surface area contributed by atoms with Crippen LogP contribution in [0.2, 0.25) is 5.02 Å². The lowest BCUT2D eigenvalue weighted by Gasteiger charge is -2.31. The predicted octanol–water partition coefficient (Wildman–Crippen LogP) is 3.41. The third-order valence-electron chi connectivity index (χ3n) is 5.74. The smallest absolute Gasteiger partial charge is 0.265 e. The molecule has 4 rings (SSSR count). The van der Waals surface area contributed by atoms with Gasteiger partial charge >= 0.3 is 0 Å². The molecule has 1 fully saturated rings. The molecule has 8 nitrogen and oxygen atoms in total. The zero-order valence-corrected chi connectivity index (χ0v) is 19.3. The highest BCUT2D eigenvalue weighted by molar-refractivity contribution is 7.89. The van der Waals surface area contributed by atoms with Gasteiger partial charge in [0.2, 0.25) is 15.9 Å². The highest BCUT2D eigenvalue weighted by Gasteiger charge is 2.34. The number of hydrogen-bond donors (Lipinski definition) is 2. The van der Waals surface area contributed by atoms with Crippen LogP contribution in [0.4, 0.5) is 11.4 Å². The molecule has 1 saturated heterocycles. The van der Waals surface area contributed by atoms with Crippen molar-refractivity contribution in [1.82, 2.24) is 4.31 Å². The average Bonchev–Trinajstić information content (AvgIpc) is 2.74. The number of sulfonamides is 1. The minimum absolute atomic E-state index is 0.140. The third-order valence-corrected chi connectivity index (χ3v) is 8.02. The van der Waals surface area contributed by atoms with E-state index in [1.807, 2.05) is 0 Å². The molecule has 1 unspecified atom stereocenters. The predicted molar refractivity (Wildman–Crippen MR) is 121 cm³/mol. The molecule has 0 radical (unpaired) electrons. The first kappa shape index (κ1) is 22.6. The minimum Gasteiger partial charge on any atom is -0.479 e. The van der Waals surface area contributed by atoms with E-state index in [1.54, 1.807) is 44.2 Å². The lowest BCUT2D eigenvalue weighted by atomic mass is 9.97. The van der Waals surface area contributed by atoms with E-state index in [0.717, 1.165) is 0 Å². The Hall–Kier alpha value is -2.62. The molecule has 0 spiro atoms. The Morgan fingerprint density at radius 1 is 1.22 bits per heavy atom. The number of anilines is 2. The van der Waals surface area contributed by atoms with Gasteiger partial charge in [-0.3, -0.25) is 9.59 Å². The van der Waals surface area contributed by atoms with Crippen molar-refractivity contribution < 1.29 is 22.7 Å². The van der Waals surface area contributed by atoms with Crippen LogP contribution in [0.5, 0.6) is 5.75 Å². The molecule has 32 heavy (non-hydrogen) atoms. The van der Waals surface area contributed by atoms with Gasteiger partial charge in [0.05, 0.1) is 10.6 Å². The van der Waals surface area contributed by atoms with E-state index < -0.39 is 16.1 Å². The summed E-state index contributed by atoms with van der Waals surface area (Å²) in [5.74, 6) is -0.375. The molecule has 0 aliphatic carbocycles. The van der Waals surface area contributed by atoms with Crippen LogP contribution < -0.4 is 15.4 Å². The number of carbonyl (C=O) groups excluding carboxylic acids is 2. The number of rotatable bonds is 4. The number of amides is 2. The number of nitrogens with one attached hydrogen (secondary N) is 2. The summed E-state index contributed by atoms with van der Waals surface area (Å²) in [6.07, 6.45) is 0.132. The van der Waals surface area contributed by atoms with Gasteiger partial charge in [-0.25, -0.2) is 8.42 Å². The maximum atomic E-state index is 13.3. The van der Waals surface area contributed by atoms with Crippen LogP contribution in [0.25, 0.3) is 0 Å². The number of hydrogen-bond acceptors (Lipinski definition) is 5. The average molecular weight is 478 g/mol. The molecule has 10 heteroatoms. The quantitative estimate of drug-likeness (QED) is 0.702. The molecule has 2 aliphatic heterocycles. The molecule has 2 heterocycles. The minimum atomic E-state index is -3.78. The Morgan fingerprint density at radius 3 is 2.62 bits per heavy atom. The van der Waals surface area contributed by atoms with Crippen molar-refractivity contribution in [1.29, 1.82) is 0 Å². The maximum absolute atomic E-state index is 13.3. The molecular weight excluding hydrogens is 454 g/mol. The number of ether oxygens (including phenoxy) is 1. The summed E-state index contributed by atoms with van der Waals surface area (Å²) in [5, 5.41) is 6.10. The molecule has 2 aliphatic rings. The van der Waals surface area contributed by atoms with E-state index in [9.17, 15) is 18.0 Å². The van der Waals surface area contributed by atoms with Gasteiger partial charge in [-0.1, -0.05) is 17.7 Å². The van der Waals surface area contributed by atoms with Gasteiger partial charge in [-0.2, -0.15) is 4.31 Å². The van der Waals surface area contributed by atoms with Crippen LogP contribution in [-0.2, 0) is 19.6 Å². The Labute approximate surface area is 191 Å². The summed E-state index contributed by atoms with van der Waals surface area (Å²) in [4.78, 5) is 24.6. The molecular formula is C22H24ClN3O5S. The van der Waals surface area contributed by atoms with Gasteiger partial charge in [-0.05, 0) is 56.5 Å². The molecule has 2 amide bonds. The lowest BCUT2D eigenvalue weighted by molar-refractivity contribution is -0.123. The number of fused-ring (bicyclic) bond motifs is 1. The first-order valence-electron chi connectivity index (χ1n) is 10.3. The molecule has 1 atom stereocenters. The summed E-state index contributed by atoms with van der Waals surface area (Å²) in [6.45, 7) is 3.76. The maximum Gasteiger partial charge on any atom is 0.265 e. The highest BCUT2D eigenvalue weighted by Crippen LogP contribution is 2.36. The topological polar surface area (TPSA) is 105 Å². The van der Waals surface area contributed by atoms with Crippen molar-refractivity contribution in [2.75, 3.05) is 23.7 Å². The molecule has 170 valence electrons. The van der Waals surface area contributed by atoms with Crippen molar-refractivity contribution in [2.45, 2.75) is 37.7 Å². The molecule has 2 aromatic rings. The van der Waals surface area contributed by atoms with Crippen LogP contribution in [0, 0.1) is 12.8 Å². The van der Waals surface area contributed by atoms with Gasteiger partial charge in [0.15, 0.2) is 6.10 Å². The zero-order chi connectivity index (χ0) is 23.0. The van der Waals surface area contributed by atoms with Crippen LogP contribution in [0.15, 0.2) is 41.3 Å². The second-order valence-corrected chi connectivity index (χ2v) is 10.4. The van der Waals surface area contributed by atoms with Crippen molar-refractivity contribution in [3.05, 3.63) is 47.0 Å². The zero-order valence-electron chi connectivity index (χ0n) is 17.7. The number of carbonyl (C=O) groups is 2. The van der Waals surface area contributed by atoms with Crippen molar-refractivity contribution in [3.63, 3.8) is 0 Å². The van der Waals surface area contributed by atoms with Crippen molar-refractivity contribution >= 4 is 44.8 Å². The molecule has 2 aromatic carbocycles. The Balaban J connectivity index is 1.46. The van der Waals surface area contributed by atoms with E-state index in [0.29, 0.717) is 40.6 Å². The third kappa shape index (κ3) is 4.46. The van der Waals surface area contributed by atoms with Crippen molar-refractivity contribution in [2.24, 2.45) is 5.92 Å². The summed E-state index contributed by atoms with van der Waals surface area (Å²) in [7, 11) is -3.78. The van der Waals surface area contributed by atoms with Crippen LogP contribution >= 0.6 is 11.6 Å². The van der Waals surface area contributed by atoms with Crippen LogP contribution in [-0.4, -0.2) is 43.7 Å². The molecule has 0 saturated carbocycles. The SMILES string of the molecule is Cc1cc2c(cc1S(=O)(=O)N1CCC(C(=O)Nc3cccc(Cl)c3)CC1)OC(C)C(=O)N2. The van der Waals surface area contributed by atoms with Crippen molar-refractivity contribution in [3.8, 4) is 5.75 Å². The second kappa shape index (κ2) is 8.73. The first-order valence-corrected chi connectivity index (χ1v) is 12.2. The molecule has 0 aromatic heterocycles. The van der Waals surface area contributed by atoms with Crippen LogP contribution in [0.3, 0.4) is 0 Å². The number of benzene rings is 2. The molecule has 0 bridgehead atoms. The summed E-state index contributed by atoms with van der Waals surface area (Å²) >= 11 is 5.96. The van der Waals surface area contributed by atoms with E-state index in [4.69, 9.17) is 16.3 Å². The Kier molecular flexibility index (Phi) is 6.15. The van der Waals surface area contributed by atoms with E-state index in [-0.39, 0.29) is 35.7 Å². The number of nitrogens with zero attached hydrogens (tertiary/aromatic N) is 1. The van der Waals surface area contributed by atoms with Crippen LogP contribution in [0.1, 0.15) is 25.3 Å². The summed E-state index contributed by atoms with van der Waals surface area (Å²) in [6, 6.07) is 9.98. The second-order valence-electron chi connectivity index (χ2n) is 8.04. The fourth-order valence-corrected chi connectivity index (χ4v) is 5.81. The normalized spacial score (nSPS) is 19.6. The first-order chi connectivity index (χ1) is 15.1. The van der Waals surface area contributed by atoms with Gasteiger partial charge in [0, 0.05) is 35.8 Å². The number of halogens is 1. The summed E-state index contributed by atoms with van der Waals surface area (Å²) in [5.41, 5.74) is 1.59.